The number of benzene rings is 4. The number of aryl methyl sites for hydroxylation is 1. The Bertz CT molecular complexity index is 1640. The van der Waals surface area contributed by atoms with Gasteiger partial charge in [-0.1, -0.05) is 78.3 Å². The molecule has 0 spiro atoms. The lowest BCUT2D eigenvalue weighted by Crippen LogP contribution is -2.15. The van der Waals surface area contributed by atoms with Gasteiger partial charge in [-0.05, 0) is 42.3 Å². The normalized spacial score (nSPS) is 10.9. The fourth-order valence-corrected chi connectivity index (χ4v) is 4.54. The van der Waals surface area contributed by atoms with E-state index in [1.165, 1.54) is 4.68 Å². The first-order chi connectivity index (χ1) is 18.0. The van der Waals surface area contributed by atoms with Gasteiger partial charge >= 0.3 is 5.97 Å². The number of aldehydes is 1. The lowest BCUT2D eigenvalue weighted by atomic mass is 10.0. The summed E-state index contributed by atoms with van der Waals surface area (Å²) in [6.07, 6.45) is 0.611. The molecule has 0 unspecified atom stereocenters. The largest absolute Gasteiger partial charge is 0.457 e. The van der Waals surface area contributed by atoms with Gasteiger partial charge in [0.05, 0.1) is 21.7 Å². The van der Waals surface area contributed by atoms with Crippen molar-refractivity contribution < 1.29 is 19.1 Å². The van der Waals surface area contributed by atoms with Crippen molar-refractivity contribution in [1.82, 2.24) is 9.78 Å². The van der Waals surface area contributed by atoms with Crippen molar-refractivity contribution >= 4 is 40.7 Å². The molecule has 5 rings (SSSR count). The third-order valence-electron chi connectivity index (χ3n) is 6.10. The quantitative estimate of drug-likeness (QED) is 0.193. The van der Waals surface area contributed by atoms with Crippen molar-refractivity contribution in [3.63, 3.8) is 0 Å². The van der Waals surface area contributed by atoms with Gasteiger partial charge in [0, 0.05) is 16.5 Å². The lowest BCUT2D eigenvalue weighted by Gasteiger charge is -2.08. The molecule has 4 aromatic carbocycles. The molecule has 0 fully saturated rings. The van der Waals surface area contributed by atoms with Crippen LogP contribution in [0, 0.1) is 6.92 Å². The Morgan fingerprint density at radius 2 is 1.70 bits per heavy atom. The van der Waals surface area contributed by atoms with Crippen LogP contribution in [0.3, 0.4) is 0 Å². The van der Waals surface area contributed by atoms with Crippen LogP contribution in [0.2, 0.25) is 5.02 Å². The SMILES string of the molecule is Cc1cccc(Cl)c1C(=O)n1nc(-c2ccc(C(=O)OCc3ccccc3)c(C=O)c2)c2ccccc21. The number of ether oxygens (including phenoxy) is 1. The van der Waals surface area contributed by atoms with Crippen molar-refractivity contribution in [3.8, 4) is 11.3 Å². The Morgan fingerprint density at radius 3 is 2.46 bits per heavy atom. The summed E-state index contributed by atoms with van der Waals surface area (Å²) < 4.78 is 6.73. The standard InChI is InChI=1S/C30H21ClN2O4/c1-19-8-7-12-25(31)27(19)29(35)33-26-13-6-5-11-24(26)28(32-33)21-14-15-23(22(16-21)17-34)30(36)37-18-20-9-3-2-4-10-20/h2-17H,18H2,1H3. The number of halogens is 1. The molecular formula is C30H21ClN2O4. The van der Waals surface area contributed by atoms with E-state index in [1.807, 2.05) is 61.5 Å². The lowest BCUT2D eigenvalue weighted by molar-refractivity contribution is 0.0470. The molecule has 37 heavy (non-hydrogen) atoms. The van der Waals surface area contributed by atoms with E-state index in [0.717, 1.165) is 16.5 Å². The Labute approximate surface area is 218 Å². The number of rotatable bonds is 6. The van der Waals surface area contributed by atoms with E-state index in [1.54, 1.807) is 36.4 Å². The smallest absolute Gasteiger partial charge is 0.339 e. The predicted molar refractivity (Wildman–Crippen MR) is 142 cm³/mol. The van der Waals surface area contributed by atoms with Gasteiger partial charge in [0.15, 0.2) is 6.29 Å². The number of aromatic nitrogens is 2. The van der Waals surface area contributed by atoms with E-state index in [0.29, 0.717) is 33.6 Å². The van der Waals surface area contributed by atoms with Crippen LogP contribution in [0.1, 0.15) is 42.2 Å². The number of nitrogens with zero attached hydrogens (tertiary/aromatic N) is 2. The number of hydrogen-bond acceptors (Lipinski definition) is 5. The highest BCUT2D eigenvalue weighted by molar-refractivity contribution is 6.34. The molecular weight excluding hydrogens is 488 g/mol. The second-order valence-electron chi connectivity index (χ2n) is 8.50. The van der Waals surface area contributed by atoms with Crippen LogP contribution in [-0.4, -0.2) is 27.9 Å². The van der Waals surface area contributed by atoms with E-state index < -0.39 is 5.97 Å². The molecule has 0 amide bonds. The number of esters is 1. The van der Waals surface area contributed by atoms with E-state index >= 15 is 0 Å². The zero-order valence-electron chi connectivity index (χ0n) is 19.9. The van der Waals surface area contributed by atoms with Gasteiger partial charge in [-0.25, -0.2) is 4.79 Å². The summed E-state index contributed by atoms with van der Waals surface area (Å²) in [6, 6.07) is 26.7. The first-order valence-electron chi connectivity index (χ1n) is 11.6. The Hall–Kier alpha value is -4.55. The zero-order chi connectivity index (χ0) is 25.9. The molecule has 0 N–H and O–H groups in total. The Balaban J connectivity index is 1.52. The van der Waals surface area contributed by atoms with Crippen LogP contribution in [0.4, 0.5) is 0 Å². The first kappa shape index (κ1) is 24.2. The van der Waals surface area contributed by atoms with E-state index in [4.69, 9.17) is 16.3 Å². The predicted octanol–water partition coefficient (Wildman–Crippen LogP) is 6.52. The highest BCUT2D eigenvalue weighted by Gasteiger charge is 2.22. The Kier molecular flexibility index (Phi) is 6.66. The molecule has 5 aromatic rings. The molecule has 0 aliphatic heterocycles. The van der Waals surface area contributed by atoms with Gasteiger partial charge in [-0.15, -0.1) is 0 Å². The molecule has 6 nitrogen and oxygen atoms in total. The minimum absolute atomic E-state index is 0.0956. The summed E-state index contributed by atoms with van der Waals surface area (Å²) in [6.45, 7) is 1.91. The highest BCUT2D eigenvalue weighted by Crippen LogP contribution is 2.31. The summed E-state index contributed by atoms with van der Waals surface area (Å²) in [7, 11) is 0. The van der Waals surface area contributed by atoms with E-state index in [9.17, 15) is 14.4 Å². The molecule has 0 bridgehead atoms. The van der Waals surface area contributed by atoms with Crippen molar-refractivity contribution in [2.24, 2.45) is 0 Å². The molecule has 0 atom stereocenters. The maximum absolute atomic E-state index is 13.5. The highest BCUT2D eigenvalue weighted by atomic mass is 35.5. The summed E-state index contributed by atoms with van der Waals surface area (Å²) in [5, 5.41) is 5.68. The van der Waals surface area contributed by atoms with E-state index in [-0.39, 0.29) is 23.6 Å². The maximum Gasteiger partial charge on any atom is 0.339 e. The van der Waals surface area contributed by atoms with Crippen LogP contribution in [0.5, 0.6) is 0 Å². The topological polar surface area (TPSA) is 78.3 Å². The van der Waals surface area contributed by atoms with Gasteiger partial charge in [0.1, 0.15) is 12.3 Å². The minimum atomic E-state index is -0.600. The second kappa shape index (κ2) is 10.2. The van der Waals surface area contributed by atoms with Crippen molar-refractivity contribution in [1.29, 1.82) is 0 Å². The second-order valence-corrected chi connectivity index (χ2v) is 8.90. The molecule has 0 saturated carbocycles. The van der Waals surface area contributed by atoms with Gasteiger partial charge in [-0.3, -0.25) is 9.59 Å². The number of fused-ring (bicyclic) bond motifs is 1. The Morgan fingerprint density at radius 1 is 0.946 bits per heavy atom. The number of hydrogen-bond donors (Lipinski definition) is 0. The molecule has 182 valence electrons. The van der Waals surface area contributed by atoms with Gasteiger partial charge < -0.3 is 4.74 Å². The fourth-order valence-electron chi connectivity index (χ4n) is 4.24. The van der Waals surface area contributed by atoms with Crippen LogP contribution in [0.25, 0.3) is 22.2 Å². The average Bonchev–Trinajstić information content (AvgIpc) is 3.31. The maximum atomic E-state index is 13.5. The molecule has 0 saturated heterocycles. The van der Waals surface area contributed by atoms with Crippen LogP contribution < -0.4 is 0 Å². The van der Waals surface area contributed by atoms with Crippen molar-refractivity contribution in [2.45, 2.75) is 13.5 Å². The summed E-state index contributed by atoms with van der Waals surface area (Å²) >= 11 is 6.36. The zero-order valence-corrected chi connectivity index (χ0v) is 20.6. The molecule has 0 radical (unpaired) electrons. The van der Waals surface area contributed by atoms with E-state index in [2.05, 4.69) is 5.10 Å². The summed E-state index contributed by atoms with van der Waals surface area (Å²) in [5.41, 5.74) is 3.95. The molecule has 7 heteroatoms. The van der Waals surface area contributed by atoms with Crippen LogP contribution in [0.15, 0.2) is 91.0 Å². The summed E-state index contributed by atoms with van der Waals surface area (Å²) in [5.74, 6) is -0.959. The minimum Gasteiger partial charge on any atom is -0.457 e. The van der Waals surface area contributed by atoms with Crippen molar-refractivity contribution in [2.75, 3.05) is 0 Å². The molecule has 0 aliphatic rings. The third kappa shape index (κ3) is 4.67. The van der Waals surface area contributed by atoms with Gasteiger partial charge in [0.2, 0.25) is 0 Å². The summed E-state index contributed by atoms with van der Waals surface area (Å²) in [4.78, 5) is 38.1. The van der Waals surface area contributed by atoms with Gasteiger partial charge in [-0.2, -0.15) is 9.78 Å². The van der Waals surface area contributed by atoms with Crippen LogP contribution >= 0.6 is 11.6 Å². The number of carbonyl (C=O) groups excluding carboxylic acids is 3. The molecule has 1 heterocycles. The number of para-hydroxylation sites is 1. The third-order valence-corrected chi connectivity index (χ3v) is 6.42. The average molecular weight is 509 g/mol. The first-order valence-corrected chi connectivity index (χ1v) is 11.9. The number of carbonyl (C=O) groups is 3. The molecule has 1 aromatic heterocycles. The van der Waals surface area contributed by atoms with Crippen LogP contribution in [-0.2, 0) is 11.3 Å². The van der Waals surface area contributed by atoms with Crippen molar-refractivity contribution in [3.05, 3.63) is 124 Å². The van der Waals surface area contributed by atoms with Gasteiger partial charge in [0.25, 0.3) is 5.91 Å². The fraction of sp³-hybridized carbons (Fsp3) is 0.0667. The molecule has 0 aliphatic carbocycles. The monoisotopic (exact) mass is 508 g/mol.